The molecule has 0 bridgehead atoms. The minimum Gasteiger partial charge on any atom is -0.221 e. The minimum atomic E-state index is 0.539. The Morgan fingerprint density at radius 3 is 2.67 bits per heavy atom. The molecule has 0 N–H and O–H groups in total. The molecule has 2 heterocycles. The zero-order valence-electron chi connectivity index (χ0n) is 11.5. The summed E-state index contributed by atoms with van der Waals surface area (Å²) in [5, 5.41) is 2.26. The van der Waals surface area contributed by atoms with Crippen LogP contribution in [-0.2, 0) is 5.75 Å². The van der Waals surface area contributed by atoms with Crippen molar-refractivity contribution in [3.8, 4) is 0 Å². The first-order valence-electron chi connectivity index (χ1n) is 6.35. The molecule has 0 atom stereocenters. The van der Waals surface area contributed by atoms with Crippen molar-refractivity contribution in [3.63, 3.8) is 0 Å². The molecule has 0 aliphatic rings. The number of rotatable bonds is 3. The first-order chi connectivity index (χ1) is 10.1. The van der Waals surface area contributed by atoms with Crippen LogP contribution in [-0.4, -0.2) is 9.97 Å². The lowest BCUT2D eigenvalue weighted by molar-refractivity contribution is 1.07. The minimum absolute atomic E-state index is 0.539. The molecular weight excluding hydrogens is 343 g/mol. The molecular formula is C15H12Cl2N2S2. The SMILES string of the molecule is Cc1sc2nc(CSc3ccccc3Cl)nc(Cl)c2c1C. The van der Waals surface area contributed by atoms with Crippen molar-refractivity contribution in [2.45, 2.75) is 24.5 Å². The highest BCUT2D eigenvalue weighted by atomic mass is 35.5. The van der Waals surface area contributed by atoms with Crippen LogP contribution in [0.3, 0.4) is 0 Å². The number of aryl methyl sites for hydroxylation is 2. The summed E-state index contributed by atoms with van der Waals surface area (Å²) in [4.78, 5) is 12.3. The third kappa shape index (κ3) is 3.04. The van der Waals surface area contributed by atoms with Gasteiger partial charge >= 0.3 is 0 Å². The van der Waals surface area contributed by atoms with E-state index in [0.29, 0.717) is 10.9 Å². The average molecular weight is 355 g/mol. The number of nitrogens with zero attached hydrogens (tertiary/aromatic N) is 2. The van der Waals surface area contributed by atoms with Crippen LogP contribution >= 0.6 is 46.3 Å². The van der Waals surface area contributed by atoms with Gasteiger partial charge in [-0.05, 0) is 31.5 Å². The van der Waals surface area contributed by atoms with Gasteiger partial charge in [0.05, 0.1) is 16.2 Å². The van der Waals surface area contributed by atoms with Crippen molar-refractivity contribution in [2.75, 3.05) is 0 Å². The number of halogens is 2. The second-order valence-electron chi connectivity index (χ2n) is 4.61. The van der Waals surface area contributed by atoms with Crippen molar-refractivity contribution >= 4 is 56.5 Å². The highest BCUT2D eigenvalue weighted by Gasteiger charge is 2.13. The molecule has 0 spiro atoms. The Labute approximate surface area is 141 Å². The summed E-state index contributed by atoms with van der Waals surface area (Å²) < 4.78 is 0. The first-order valence-corrected chi connectivity index (χ1v) is 8.91. The van der Waals surface area contributed by atoms with E-state index in [4.69, 9.17) is 23.2 Å². The van der Waals surface area contributed by atoms with Crippen molar-refractivity contribution in [1.29, 1.82) is 0 Å². The van der Waals surface area contributed by atoms with Gasteiger partial charge < -0.3 is 0 Å². The molecule has 2 aromatic heterocycles. The molecule has 3 aromatic rings. The molecule has 0 unspecified atom stereocenters. The normalized spacial score (nSPS) is 11.2. The molecule has 0 saturated heterocycles. The van der Waals surface area contributed by atoms with Crippen LogP contribution in [0.4, 0.5) is 0 Å². The number of benzene rings is 1. The Morgan fingerprint density at radius 1 is 1.14 bits per heavy atom. The quantitative estimate of drug-likeness (QED) is 0.432. The maximum Gasteiger partial charge on any atom is 0.142 e. The van der Waals surface area contributed by atoms with Gasteiger partial charge in [-0.25, -0.2) is 9.97 Å². The summed E-state index contributed by atoms with van der Waals surface area (Å²) >= 11 is 15.7. The highest BCUT2D eigenvalue weighted by molar-refractivity contribution is 7.98. The van der Waals surface area contributed by atoms with E-state index in [-0.39, 0.29) is 0 Å². The van der Waals surface area contributed by atoms with E-state index < -0.39 is 0 Å². The molecule has 0 aliphatic carbocycles. The van der Waals surface area contributed by atoms with Crippen molar-refractivity contribution in [3.05, 3.63) is 50.7 Å². The third-order valence-corrected chi connectivity index (χ3v) is 6.11. The lowest BCUT2D eigenvalue weighted by Gasteiger charge is -2.04. The van der Waals surface area contributed by atoms with Gasteiger partial charge in [0.25, 0.3) is 0 Å². The fourth-order valence-corrected chi connectivity index (χ4v) is 4.54. The van der Waals surface area contributed by atoms with Gasteiger partial charge in [-0.2, -0.15) is 0 Å². The summed E-state index contributed by atoms with van der Waals surface area (Å²) in [6.07, 6.45) is 0. The van der Waals surface area contributed by atoms with Crippen molar-refractivity contribution < 1.29 is 0 Å². The van der Waals surface area contributed by atoms with Gasteiger partial charge in [-0.3, -0.25) is 0 Å². The molecule has 3 rings (SSSR count). The van der Waals surface area contributed by atoms with Crippen LogP contribution in [0.5, 0.6) is 0 Å². The van der Waals surface area contributed by atoms with Gasteiger partial charge in [-0.1, -0.05) is 35.3 Å². The Hall–Kier alpha value is -0.810. The van der Waals surface area contributed by atoms with E-state index in [1.54, 1.807) is 23.1 Å². The second kappa shape index (κ2) is 6.13. The van der Waals surface area contributed by atoms with Crippen LogP contribution in [0, 0.1) is 13.8 Å². The van der Waals surface area contributed by atoms with E-state index in [0.717, 1.165) is 26.0 Å². The van der Waals surface area contributed by atoms with Crippen LogP contribution in [0.25, 0.3) is 10.2 Å². The largest absolute Gasteiger partial charge is 0.221 e. The molecule has 0 aliphatic heterocycles. The van der Waals surface area contributed by atoms with E-state index in [2.05, 4.69) is 23.8 Å². The Bertz CT molecular complexity index is 815. The molecule has 1 aromatic carbocycles. The van der Waals surface area contributed by atoms with Gasteiger partial charge in [0, 0.05) is 9.77 Å². The maximum absolute atomic E-state index is 6.31. The number of thiophene rings is 1. The predicted octanol–water partition coefficient (Wildman–Crippen LogP) is 5.91. The lowest BCUT2D eigenvalue weighted by atomic mass is 10.2. The van der Waals surface area contributed by atoms with Crippen molar-refractivity contribution in [2.24, 2.45) is 0 Å². The number of hydrogen-bond donors (Lipinski definition) is 0. The molecule has 21 heavy (non-hydrogen) atoms. The van der Waals surface area contributed by atoms with Crippen molar-refractivity contribution in [1.82, 2.24) is 9.97 Å². The number of hydrogen-bond acceptors (Lipinski definition) is 4. The first kappa shape index (κ1) is 15.1. The fourth-order valence-electron chi connectivity index (χ4n) is 2.01. The van der Waals surface area contributed by atoms with Crippen LogP contribution in [0.1, 0.15) is 16.3 Å². The fraction of sp³-hybridized carbons (Fsp3) is 0.200. The number of fused-ring (bicyclic) bond motifs is 1. The van der Waals surface area contributed by atoms with Gasteiger partial charge in [0.2, 0.25) is 0 Å². The monoisotopic (exact) mass is 354 g/mol. The van der Waals surface area contributed by atoms with Gasteiger partial charge in [0.15, 0.2) is 0 Å². The van der Waals surface area contributed by atoms with Crippen LogP contribution in [0.2, 0.25) is 10.2 Å². The van der Waals surface area contributed by atoms with Gasteiger partial charge in [-0.15, -0.1) is 23.1 Å². The summed E-state index contributed by atoms with van der Waals surface area (Å²) in [6.45, 7) is 4.14. The summed E-state index contributed by atoms with van der Waals surface area (Å²) in [5.41, 5.74) is 1.17. The third-order valence-electron chi connectivity index (χ3n) is 3.22. The van der Waals surface area contributed by atoms with Crippen LogP contribution < -0.4 is 0 Å². The Morgan fingerprint density at radius 2 is 1.90 bits per heavy atom. The van der Waals surface area contributed by atoms with E-state index >= 15 is 0 Å². The lowest BCUT2D eigenvalue weighted by Crippen LogP contribution is -1.93. The standard InChI is InChI=1S/C15H12Cl2N2S2/c1-8-9(2)21-15-13(8)14(17)18-12(19-15)7-20-11-6-4-3-5-10(11)16/h3-6H,7H2,1-2H3. The molecule has 108 valence electrons. The second-order valence-corrected chi connectivity index (χ2v) is 7.60. The zero-order valence-corrected chi connectivity index (χ0v) is 14.6. The zero-order chi connectivity index (χ0) is 15.0. The Balaban J connectivity index is 1.90. The topological polar surface area (TPSA) is 25.8 Å². The molecule has 0 amide bonds. The summed E-state index contributed by atoms with van der Waals surface area (Å²) in [5.74, 6) is 1.38. The van der Waals surface area contributed by atoms with Gasteiger partial charge in [0.1, 0.15) is 15.8 Å². The van der Waals surface area contributed by atoms with E-state index in [9.17, 15) is 0 Å². The smallest absolute Gasteiger partial charge is 0.142 e. The Kier molecular flexibility index (Phi) is 4.41. The average Bonchev–Trinajstić information content (AvgIpc) is 2.73. The molecule has 0 saturated carbocycles. The van der Waals surface area contributed by atoms with E-state index in [1.807, 2.05) is 24.3 Å². The number of aromatic nitrogens is 2. The molecule has 0 radical (unpaired) electrons. The maximum atomic E-state index is 6.31. The summed E-state index contributed by atoms with van der Waals surface area (Å²) in [6, 6.07) is 7.76. The highest BCUT2D eigenvalue weighted by Crippen LogP contribution is 2.34. The summed E-state index contributed by atoms with van der Waals surface area (Å²) in [7, 11) is 0. The number of thioether (sulfide) groups is 1. The molecule has 0 fully saturated rings. The molecule has 6 heteroatoms. The molecule has 2 nitrogen and oxygen atoms in total. The van der Waals surface area contributed by atoms with Crippen LogP contribution in [0.15, 0.2) is 29.2 Å². The van der Waals surface area contributed by atoms with E-state index in [1.165, 1.54) is 10.4 Å². The predicted molar refractivity (Wildman–Crippen MR) is 92.9 cm³/mol.